The van der Waals surface area contributed by atoms with E-state index in [4.69, 9.17) is 0 Å². The predicted octanol–water partition coefficient (Wildman–Crippen LogP) is 3.99. The molecule has 2 rings (SSSR count). The lowest BCUT2D eigenvalue weighted by Crippen LogP contribution is -2.15. The maximum atomic E-state index is 12.3. The molecule has 0 aliphatic rings. The number of hydrogen-bond acceptors (Lipinski definition) is 2. The van der Waals surface area contributed by atoms with E-state index < -0.39 is 11.6 Å². The van der Waals surface area contributed by atoms with Crippen LogP contribution in [0.5, 0.6) is 0 Å². The lowest BCUT2D eigenvalue weighted by molar-refractivity contribution is 0.0817. The van der Waals surface area contributed by atoms with Crippen LogP contribution in [0.4, 0.5) is 0 Å². The van der Waals surface area contributed by atoms with Crippen molar-refractivity contribution in [3.05, 3.63) is 69.8 Å². The summed E-state index contributed by atoms with van der Waals surface area (Å²) in [7, 11) is 0. The molecule has 0 N–H and O–H groups in total. The average Bonchev–Trinajstić information content (AvgIpc) is 2.34. The number of aryl methyl sites for hydroxylation is 4. The van der Waals surface area contributed by atoms with Crippen LogP contribution in [0.1, 0.15) is 43.0 Å². The molecular formula is C18H18O2. The summed E-state index contributed by atoms with van der Waals surface area (Å²) in [5.41, 5.74) is 4.88. The molecule has 20 heavy (non-hydrogen) atoms. The zero-order valence-electron chi connectivity index (χ0n) is 12.3. The van der Waals surface area contributed by atoms with Crippen LogP contribution in [0.2, 0.25) is 0 Å². The van der Waals surface area contributed by atoms with Crippen LogP contribution in [-0.4, -0.2) is 11.6 Å². The summed E-state index contributed by atoms with van der Waals surface area (Å²) in [6.07, 6.45) is 0. The normalized spacial score (nSPS) is 10.4. The van der Waals surface area contributed by atoms with E-state index in [1.807, 2.05) is 39.8 Å². The van der Waals surface area contributed by atoms with Crippen molar-refractivity contribution >= 4 is 11.6 Å². The van der Waals surface area contributed by atoms with Crippen LogP contribution >= 0.6 is 0 Å². The molecule has 2 aromatic carbocycles. The third-order valence-electron chi connectivity index (χ3n) is 3.17. The fourth-order valence-electron chi connectivity index (χ4n) is 2.47. The minimum absolute atomic E-state index is 0.443. The molecule has 0 aromatic heterocycles. The number of hydrogen-bond donors (Lipinski definition) is 0. The average molecular weight is 266 g/mol. The lowest BCUT2D eigenvalue weighted by Gasteiger charge is -2.06. The van der Waals surface area contributed by atoms with Gasteiger partial charge in [0.15, 0.2) is 0 Å². The molecule has 2 nitrogen and oxygen atoms in total. The number of rotatable bonds is 3. The maximum Gasteiger partial charge on any atom is 0.233 e. The minimum Gasteiger partial charge on any atom is -0.285 e. The molecule has 102 valence electrons. The first kappa shape index (κ1) is 14.2. The first-order valence-corrected chi connectivity index (χ1v) is 6.62. The molecule has 0 bridgehead atoms. The van der Waals surface area contributed by atoms with Gasteiger partial charge in [-0.05, 0) is 52.0 Å². The SMILES string of the molecule is Cc1cc(C)cc(C(=O)C(=O)c2cc(C)cc(C)c2)c1. The Bertz CT molecular complexity index is 595. The van der Waals surface area contributed by atoms with E-state index in [2.05, 4.69) is 0 Å². The Hall–Kier alpha value is -2.22. The molecule has 2 aromatic rings. The lowest BCUT2D eigenvalue weighted by atomic mass is 9.96. The summed E-state index contributed by atoms with van der Waals surface area (Å²) >= 11 is 0. The molecule has 0 saturated heterocycles. The van der Waals surface area contributed by atoms with Crippen molar-refractivity contribution in [1.82, 2.24) is 0 Å². The smallest absolute Gasteiger partial charge is 0.233 e. The van der Waals surface area contributed by atoms with Crippen LogP contribution < -0.4 is 0 Å². The highest BCUT2D eigenvalue weighted by molar-refractivity contribution is 6.49. The Balaban J connectivity index is 2.39. The predicted molar refractivity (Wildman–Crippen MR) is 80.5 cm³/mol. The molecule has 0 spiro atoms. The van der Waals surface area contributed by atoms with E-state index in [-0.39, 0.29) is 0 Å². The van der Waals surface area contributed by atoms with Crippen molar-refractivity contribution in [3.8, 4) is 0 Å². The van der Waals surface area contributed by atoms with E-state index >= 15 is 0 Å². The Labute approximate surface area is 119 Å². The van der Waals surface area contributed by atoms with Gasteiger partial charge in [-0.3, -0.25) is 9.59 Å². The molecule has 0 saturated carbocycles. The quantitative estimate of drug-likeness (QED) is 0.622. The van der Waals surface area contributed by atoms with Gasteiger partial charge in [0.25, 0.3) is 0 Å². The summed E-state index contributed by atoms with van der Waals surface area (Å²) in [4.78, 5) is 24.6. The molecule has 0 atom stereocenters. The number of carbonyl (C=O) groups excluding carboxylic acids is 2. The Morgan fingerprint density at radius 3 is 1.05 bits per heavy atom. The fraction of sp³-hybridized carbons (Fsp3) is 0.222. The molecule has 0 radical (unpaired) electrons. The first-order valence-electron chi connectivity index (χ1n) is 6.62. The van der Waals surface area contributed by atoms with E-state index in [0.717, 1.165) is 22.3 Å². The zero-order chi connectivity index (χ0) is 14.9. The monoisotopic (exact) mass is 266 g/mol. The van der Waals surface area contributed by atoms with E-state index in [0.29, 0.717) is 11.1 Å². The van der Waals surface area contributed by atoms with Gasteiger partial charge in [-0.25, -0.2) is 0 Å². The van der Waals surface area contributed by atoms with Gasteiger partial charge in [0.1, 0.15) is 0 Å². The standard InChI is InChI=1S/C18H18O2/c1-11-5-12(2)8-15(7-11)17(19)18(20)16-9-13(3)6-14(4)10-16/h5-10H,1-4H3. The highest BCUT2D eigenvalue weighted by atomic mass is 16.2. The van der Waals surface area contributed by atoms with Crippen LogP contribution in [0.3, 0.4) is 0 Å². The van der Waals surface area contributed by atoms with Gasteiger partial charge in [0.05, 0.1) is 0 Å². The second-order valence-electron chi connectivity index (χ2n) is 5.41. The Morgan fingerprint density at radius 1 is 0.550 bits per heavy atom. The molecule has 0 unspecified atom stereocenters. The largest absolute Gasteiger partial charge is 0.285 e. The number of carbonyl (C=O) groups is 2. The molecule has 0 aliphatic heterocycles. The highest BCUT2D eigenvalue weighted by Gasteiger charge is 2.19. The summed E-state index contributed by atoms with van der Waals surface area (Å²) in [5, 5.41) is 0. The molecular weight excluding hydrogens is 248 g/mol. The first-order chi connectivity index (χ1) is 9.36. The van der Waals surface area contributed by atoms with Crippen LogP contribution in [0, 0.1) is 27.7 Å². The van der Waals surface area contributed by atoms with Crippen molar-refractivity contribution in [3.63, 3.8) is 0 Å². The highest BCUT2D eigenvalue weighted by Crippen LogP contribution is 2.15. The van der Waals surface area contributed by atoms with Gasteiger partial charge in [0.2, 0.25) is 11.6 Å². The Kier molecular flexibility index (Phi) is 3.84. The van der Waals surface area contributed by atoms with E-state index in [9.17, 15) is 9.59 Å². The number of ketones is 2. The third kappa shape index (κ3) is 3.02. The molecule has 0 amide bonds. The molecule has 0 fully saturated rings. The number of Topliss-reactive ketones (excluding diaryl/α,β-unsaturated/α-hetero) is 2. The molecule has 0 heterocycles. The van der Waals surface area contributed by atoms with Gasteiger partial charge >= 0.3 is 0 Å². The van der Waals surface area contributed by atoms with Crippen LogP contribution in [0.25, 0.3) is 0 Å². The minimum atomic E-state index is -0.443. The van der Waals surface area contributed by atoms with Crippen molar-refractivity contribution in [2.75, 3.05) is 0 Å². The second kappa shape index (κ2) is 5.41. The van der Waals surface area contributed by atoms with Crippen LogP contribution in [-0.2, 0) is 0 Å². The van der Waals surface area contributed by atoms with Gasteiger partial charge < -0.3 is 0 Å². The third-order valence-corrected chi connectivity index (χ3v) is 3.17. The molecule has 2 heteroatoms. The van der Waals surface area contributed by atoms with Gasteiger partial charge in [0, 0.05) is 11.1 Å². The second-order valence-corrected chi connectivity index (χ2v) is 5.41. The summed E-state index contributed by atoms with van der Waals surface area (Å²) in [6.45, 7) is 7.69. The van der Waals surface area contributed by atoms with Crippen LogP contribution in [0.15, 0.2) is 36.4 Å². The summed E-state index contributed by atoms with van der Waals surface area (Å²) < 4.78 is 0. The zero-order valence-corrected chi connectivity index (χ0v) is 12.3. The van der Waals surface area contributed by atoms with Crippen molar-refractivity contribution < 1.29 is 9.59 Å². The fourth-order valence-corrected chi connectivity index (χ4v) is 2.47. The van der Waals surface area contributed by atoms with Gasteiger partial charge in [-0.2, -0.15) is 0 Å². The summed E-state index contributed by atoms with van der Waals surface area (Å²) in [5.74, 6) is -0.886. The molecule has 0 aliphatic carbocycles. The maximum absolute atomic E-state index is 12.3. The van der Waals surface area contributed by atoms with E-state index in [1.54, 1.807) is 24.3 Å². The van der Waals surface area contributed by atoms with E-state index in [1.165, 1.54) is 0 Å². The Morgan fingerprint density at radius 2 is 0.800 bits per heavy atom. The number of benzene rings is 2. The van der Waals surface area contributed by atoms with Crippen molar-refractivity contribution in [2.24, 2.45) is 0 Å². The topological polar surface area (TPSA) is 34.1 Å². The van der Waals surface area contributed by atoms with Crippen molar-refractivity contribution in [2.45, 2.75) is 27.7 Å². The summed E-state index contributed by atoms with van der Waals surface area (Å²) in [6, 6.07) is 11.0. The van der Waals surface area contributed by atoms with Gasteiger partial charge in [-0.15, -0.1) is 0 Å². The van der Waals surface area contributed by atoms with Gasteiger partial charge in [-0.1, -0.05) is 34.4 Å². The van der Waals surface area contributed by atoms with Crippen molar-refractivity contribution in [1.29, 1.82) is 0 Å².